The summed E-state index contributed by atoms with van der Waals surface area (Å²) in [6.45, 7) is 1.74. The molecule has 0 saturated carbocycles. The van der Waals surface area contributed by atoms with Gasteiger partial charge >= 0.3 is 5.97 Å². The van der Waals surface area contributed by atoms with Crippen LogP contribution in [0.4, 0.5) is 0 Å². The molecule has 1 aromatic heterocycles. The van der Waals surface area contributed by atoms with Gasteiger partial charge in [-0.3, -0.25) is 0 Å². The topological polar surface area (TPSA) is 83.2 Å². The molecule has 1 aromatic carbocycles. The number of hydrogen-bond donors (Lipinski definition) is 1. The number of alkyl halides is 1. The van der Waals surface area contributed by atoms with Gasteiger partial charge in [0.2, 0.25) is 0 Å². The molecule has 1 heterocycles. The summed E-state index contributed by atoms with van der Waals surface area (Å²) in [5.74, 6) is -1.21. The molecular weight excluding hydrogens is 304 g/mol. The minimum absolute atomic E-state index is 0.0729. The van der Waals surface area contributed by atoms with Gasteiger partial charge in [-0.25, -0.2) is 9.78 Å². The number of aryl methyl sites for hydroxylation is 1. The van der Waals surface area contributed by atoms with Crippen LogP contribution in [0.1, 0.15) is 21.6 Å². The van der Waals surface area contributed by atoms with Crippen LogP contribution in [0.25, 0.3) is 16.5 Å². The summed E-state index contributed by atoms with van der Waals surface area (Å²) in [6, 6.07) is 9.07. The number of hydrogen-bond acceptors (Lipinski definition) is 5. The molecule has 0 fully saturated rings. The number of pyridine rings is 1. The van der Waals surface area contributed by atoms with E-state index in [2.05, 4.69) is 4.98 Å². The average molecular weight is 317 g/mol. The Labute approximate surface area is 132 Å². The molecule has 0 atom stereocenters. The summed E-state index contributed by atoms with van der Waals surface area (Å²) in [4.78, 5) is 16.5. The molecule has 1 N–H and O–H groups in total. The van der Waals surface area contributed by atoms with Gasteiger partial charge in [0.15, 0.2) is 0 Å². The summed E-state index contributed by atoms with van der Waals surface area (Å²) < 4.78 is 4.79. The van der Waals surface area contributed by atoms with Crippen molar-refractivity contribution >= 4 is 34.0 Å². The standard InChI is InChI=1S/C16H13ClN2O3/c1-9-10-5-3-4-6-12(10)19-15(14(9)16(21)22-2)11(8-18)13(20)7-17/h3-6,20H,7H2,1-2H3/b13-11-. The van der Waals surface area contributed by atoms with E-state index in [-0.39, 0.29) is 28.5 Å². The molecule has 0 unspecified atom stereocenters. The van der Waals surface area contributed by atoms with E-state index in [9.17, 15) is 15.2 Å². The van der Waals surface area contributed by atoms with Crippen molar-refractivity contribution < 1.29 is 14.6 Å². The van der Waals surface area contributed by atoms with Crippen LogP contribution < -0.4 is 0 Å². The van der Waals surface area contributed by atoms with Gasteiger partial charge in [-0.15, -0.1) is 11.6 Å². The van der Waals surface area contributed by atoms with Crippen LogP contribution in [0.2, 0.25) is 0 Å². The maximum Gasteiger partial charge on any atom is 0.340 e. The van der Waals surface area contributed by atoms with E-state index in [0.29, 0.717) is 11.1 Å². The lowest BCUT2D eigenvalue weighted by molar-refractivity contribution is 0.0599. The fourth-order valence-electron chi connectivity index (χ4n) is 2.23. The summed E-state index contributed by atoms with van der Waals surface area (Å²) in [6.07, 6.45) is 0. The van der Waals surface area contributed by atoms with Gasteiger partial charge in [0.05, 0.1) is 29.8 Å². The van der Waals surface area contributed by atoms with Crippen molar-refractivity contribution in [1.82, 2.24) is 4.98 Å². The Hall–Kier alpha value is -2.58. The van der Waals surface area contributed by atoms with Gasteiger partial charge < -0.3 is 9.84 Å². The van der Waals surface area contributed by atoms with Gasteiger partial charge in [-0.2, -0.15) is 5.26 Å². The maximum absolute atomic E-state index is 12.1. The monoisotopic (exact) mass is 316 g/mol. The summed E-state index contributed by atoms with van der Waals surface area (Å²) in [5, 5.41) is 19.9. The Morgan fingerprint density at radius 1 is 1.45 bits per heavy atom. The number of halogens is 1. The number of fused-ring (bicyclic) bond motifs is 1. The number of rotatable bonds is 3. The second kappa shape index (κ2) is 6.46. The predicted octanol–water partition coefficient (Wildman–Crippen LogP) is 3.36. The molecule has 112 valence electrons. The van der Waals surface area contributed by atoms with Crippen LogP contribution >= 0.6 is 11.6 Å². The van der Waals surface area contributed by atoms with E-state index in [1.165, 1.54) is 7.11 Å². The number of nitrogens with zero attached hydrogens (tertiary/aromatic N) is 2. The van der Waals surface area contributed by atoms with Crippen LogP contribution in [0.3, 0.4) is 0 Å². The Kier molecular flexibility index (Phi) is 4.64. The minimum Gasteiger partial charge on any atom is -0.510 e. The number of aliphatic hydroxyl groups is 1. The van der Waals surface area contributed by atoms with Crippen molar-refractivity contribution in [2.75, 3.05) is 13.0 Å². The third-order valence-corrected chi connectivity index (χ3v) is 3.56. The molecule has 0 bridgehead atoms. The molecule has 0 aliphatic heterocycles. The average Bonchev–Trinajstić information content (AvgIpc) is 2.55. The van der Waals surface area contributed by atoms with E-state index < -0.39 is 5.97 Å². The first-order valence-electron chi connectivity index (χ1n) is 6.41. The molecular formula is C16H13ClN2O3. The molecule has 0 aliphatic rings. The highest BCUT2D eigenvalue weighted by molar-refractivity contribution is 6.20. The van der Waals surface area contributed by atoms with Crippen molar-refractivity contribution in [2.45, 2.75) is 6.92 Å². The largest absolute Gasteiger partial charge is 0.510 e. The molecule has 2 aromatic rings. The van der Waals surface area contributed by atoms with Crippen LogP contribution in [0, 0.1) is 18.3 Å². The third kappa shape index (κ3) is 2.61. The zero-order valence-corrected chi connectivity index (χ0v) is 12.8. The predicted molar refractivity (Wildman–Crippen MR) is 83.7 cm³/mol. The van der Waals surface area contributed by atoms with Crippen molar-refractivity contribution in [2.24, 2.45) is 0 Å². The van der Waals surface area contributed by atoms with Gasteiger partial charge in [0.1, 0.15) is 17.4 Å². The van der Waals surface area contributed by atoms with Crippen molar-refractivity contribution in [3.63, 3.8) is 0 Å². The Morgan fingerprint density at radius 2 is 2.14 bits per heavy atom. The fourth-order valence-corrected chi connectivity index (χ4v) is 2.36. The molecule has 0 amide bonds. The molecule has 22 heavy (non-hydrogen) atoms. The van der Waals surface area contributed by atoms with Gasteiger partial charge in [-0.05, 0) is 18.6 Å². The number of carbonyl (C=O) groups is 1. The van der Waals surface area contributed by atoms with E-state index in [4.69, 9.17) is 16.3 Å². The zero-order valence-electron chi connectivity index (χ0n) is 12.1. The number of aliphatic hydroxyl groups excluding tert-OH is 1. The number of nitriles is 1. The third-order valence-electron chi connectivity index (χ3n) is 3.31. The quantitative estimate of drug-likeness (QED) is 0.406. The Bertz CT molecular complexity index is 822. The van der Waals surface area contributed by atoms with Crippen LogP contribution in [-0.4, -0.2) is 29.0 Å². The second-order valence-electron chi connectivity index (χ2n) is 4.54. The molecule has 0 aliphatic carbocycles. The zero-order chi connectivity index (χ0) is 16.3. The number of ether oxygens (including phenoxy) is 1. The normalized spacial score (nSPS) is 11.7. The van der Waals surface area contributed by atoms with Crippen LogP contribution in [0.5, 0.6) is 0 Å². The number of para-hydroxylation sites is 1. The second-order valence-corrected chi connectivity index (χ2v) is 4.80. The highest BCUT2D eigenvalue weighted by atomic mass is 35.5. The van der Waals surface area contributed by atoms with E-state index >= 15 is 0 Å². The number of methoxy groups -OCH3 is 1. The number of benzene rings is 1. The Morgan fingerprint density at radius 3 is 2.73 bits per heavy atom. The van der Waals surface area contributed by atoms with Gasteiger partial charge in [0, 0.05) is 5.39 Å². The molecule has 0 saturated heterocycles. The van der Waals surface area contributed by atoms with Gasteiger partial charge in [0.25, 0.3) is 0 Å². The lowest BCUT2D eigenvalue weighted by Crippen LogP contribution is -2.11. The maximum atomic E-state index is 12.1. The molecule has 5 nitrogen and oxygen atoms in total. The number of allylic oxidation sites excluding steroid dienone is 2. The Balaban J connectivity index is 2.94. The SMILES string of the molecule is COC(=O)c1c(/C(C#N)=C(\O)CCl)nc2ccccc2c1C. The number of carbonyl (C=O) groups excluding carboxylic acids is 1. The van der Waals surface area contributed by atoms with Gasteiger partial charge in [-0.1, -0.05) is 18.2 Å². The number of aromatic nitrogens is 1. The smallest absolute Gasteiger partial charge is 0.340 e. The minimum atomic E-state index is -0.624. The van der Waals surface area contributed by atoms with E-state index in [1.54, 1.807) is 19.1 Å². The molecule has 6 heteroatoms. The summed E-state index contributed by atoms with van der Waals surface area (Å²) >= 11 is 5.60. The van der Waals surface area contributed by atoms with Crippen molar-refractivity contribution in [3.05, 3.63) is 46.8 Å². The first kappa shape index (κ1) is 15.8. The highest BCUT2D eigenvalue weighted by Crippen LogP contribution is 2.28. The van der Waals surface area contributed by atoms with Crippen molar-refractivity contribution in [3.8, 4) is 6.07 Å². The lowest BCUT2D eigenvalue weighted by Gasteiger charge is -2.13. The molecule has 0 radical (unpaired) electrons. The van der Waals surface area contributed by atoms with E-state index in [0.717, 1.165) is 5.39 Å². The van der Waals surface area contributed by atoms with Crippen LogP contribution in [0.15, 0.2) is 30.0 Å². The first-order valence-corrected chi connectivity index (χ1v) is 6.94. The molecule has 2 rings (SSSR count). The highest BCUT2D eigenvalue weighted by Gasteiger charge is 2.23. The fraction of sp³-hybridized carbons (Fsp3) is 0.188. The first-order chi connectivity index (χ1) is 10.5. The van der Waals surface area contributed by atoms with Crippen molar-refractivity contribution in [1.29, 1.82) is 5.26 Å². The number of esters is 1. The summed E-state index contributed by atoms with van der Waals surface area (Å²) in [5.41, 5.74) is 1.32. The van der Waals surface area contributed by atoms with E-state index in [1.807, 2.05) is 18.2 Å². The lowest BCUT2D eigenvalue weighted by atomic mass is 9.97. The van der Waals surface area contributed by atoms with Crippen LogP contribution in [-0.2, 0) is 4.74 Å². The molecule has 0 spiro atoms. The summed E-state index contributed by atoms with van der Waals surface area (Å²) in [7, 11) is 1.25.